The van der Waals surface area contributed by atoms with E-state index in [9.17, 15) is 13.2 Å². The molecule has 1 aliphatic carbocycles. The number of ether oxygens (including phenoxy) is 1. The Morgan fingerprint density at radius 3 is 2.63 bits per heavy atom. The van der Waals surface area contributed by atoms with Crippen molar-refractivity contribution in [2.75, 3.05) is 7.11 Å². The largest absolute Gasteiger partial charge is 0.494 e. The fraction of sp³-hybridized carbons (Fsp3) is 0.381. The predicted molar refractivity (Wildman–Crippen MR) is 107 cm³/mol. The summed E-state index contributed by atoms with van der Waals surface area (Å²) >= 11 is 6.19. The van der Waals surface area contributed by atoms with Gasteiger partial charge < -0.3 is 4.74 Å². The van der Waals surface area contributed by atoms with Crippen molar-refractivity contribution in [3.05, 3.63) is 52.6 Å². The lowest BCUT2D eigenvalue weighted by Gasteiger charge is -2.23. The highest BCUT2D eigenvalue weighted by atomic mass is 35.5. The van der Waals surface area contributed by atoms with Gasteiger partial charge in [0.2, 0.25) is 0 Å². The number of aromatic nitrogens is 4. The monoisotopic (exact) mass is 436 g/mol. The molecule has 0 saturated heterocycles. The lowest BCUT2D eigenvalue weighted by Crippen LogP contribution is -2.14. The molecule has 30 heavy (non-hydrogen) atoms. The Kier molecular flexibility index (Phi) is 5.44. The molecule has 0 atom stereocenters. The number of alkyl halides is 3. The van der Waals surface area contributed by atoms with E-state index < -0.39 is 11.9 Å². The van der Waals surface area contributed by atoms with Gasteiger partial charge in [-0.15, -0.1) is 0 Å². The van der Waals surface area contributed by atoms with E-state index in [1.54, 1.807) is 16.8 Å². The Morgan fingerprint density at radius 1 is 1.23 bits per heavy atom. The molecule has 9 heteroatoms. The third-order valence-corrected chi connectivity index (χ3v) is 5.60. The molecule has 1 saturated carbocycles. The fourth-order valence-corrected chi connectivity index (χ4v) is 3.65. The summed E-state index contributed by atoms with van der Waals surface area (Å²) in [6.45, 7) is 1.88. The second-order valence-electron chi connectivity index (χ2n) is 7.46. The summed E-state index contributed by atoms with van der Waals surface area (Å²) in [6, 6.07) is 6.26. The minimum Gasteiger partial charge on any atom is -0.494 e. The summed E-state index contributed by atoms with van der Waals surface area (Å²) in [5, 5.41) is 5.13. The third kappa shape index (κ3) is 4.01. The van der Waals surface area contributed by atoms with Gasteiger partial charge in [0, 0.05) is 11.4 Å². The van der Waals surface area contributed by atoms with E-state index in [1.807, 2.05) is 13.0 Å². The van der Waals surface area contributed by atoms with E-state index in [0.29, 0.717) is 28.9 Å². The van der Waals surface area contributed by atoms with Crippen LogP contribution in [-0.4, -0.2) is 26.9 Å². The highest BCUT2D eigenvalue weighted by molar-refractivity contribution is 6.30. The molecule has 0 amide bonds. The number of methoxy groups -OCH3 is 1. The van der Waals surface area contributed by atoms with Gasteiger partial charge in [0.15, 0.2) is 11.6 Å². The normalized spacial score (nSPS) is 14.6. The van der Waals surface area contributed by atoms with Crippen molar-refractivity contribution in [2.45, 2.75) is 38.8 Å². The Balaban J connectivity index is 1.91. The van der Waals surface area contributed by atoms with Crippen LogP contribution in [0.2, 0.25) is 5.02 Å². The molecule has 2 aromatic heterocycles. The SMILES string of the molecule is COc1cnc(C(F)(F)F)cc1-c1nc(CC2CCC2)nn1-c1cc(Cl)ccc1C. The highest BCUT2D eigenvalue weighted by Gasteiger charge is 2.34. The minimum atomic E-state index is -4.59. The van der Waals surface area contributed by atoms with Crippen molar-refractivity contribution in [1.29, 1.82) is 0 Å². The van der Waals surface area contributed by atoms with Crippen LogP contribution in [0.5, 0.6) is 5.75 Å². The lowest BCUT2D eigenvalue weighted by molar-refractivity contribution is -0.141. The molecule has 0 spiro atoms. The van der Waals surface area contributed by atoms with Crippen molar-refractivity contribution in [3.63, 3.8) is 0 Å². The number of halogens is 4. The maximum absolute atomic E-state index is 13.3. The average Bonchev–Trinajstić information content (AvgIpc) is 3.09. The van der Waals surface area contributed by atoms with Crippen LogP contribution < -0.4 is 4.74 Å². The van der Waals surface area contributed by atoms with Crippen molar-refractivity contribution in [2.24, 2.45) is 5.92 Å². The number of nitrogens with zero attached hydrogens (tertiary/aromatic N) is 4. The molecule has 0 aliphatic heterocycles. The van der Waals surface area contributed by atoms with E-state index in [4.69, 9.17) is 16.3 Å². The van der Waals surface area contributed by atoms with Crippen LogP contribution in [0.15, 0.2) is 30.5 Å². The standard InChI is InChI=1S/C21H20ClF3N4O/c1-12-6-7-14(22)9-16(12)29-20(27-19(28-29)8-13-4-3-5-13)15-10-18(21(23,24)25)26-11-17(15)30-2/h6-7,9-11,13H,3-5,8H2,1-2H3. The van der Waals surface area contributed by atoms with E-state index in [0.717, 1.165) is 30.7 Å². The number of rotatable bonds is 5. The van der Waals surface area contributed by atoms with E-state index >= 15 is 0 Å². The number of aryl methyl sites for hydroxylation is 1. The molecule has 0 N–H and O–H groups in total. The van der Waals surface area contributed by atoms with Gasteiger partial charge in [-0.1, -0.05) is 36.9 Å². The van der Waals surface area contributed by atoms with Gasteiger partial charge in [0.05, 0.1) is 24.6 Å². The van der Waals surface area contributed by atoms with Crippen LogP contribution in [-0.2, 0) is 12.6 Å². The summed E-state index contributed by atoms with van der Waals surface area (Å²) in [4.78, 5) is 8.10. The first-order chi connectivity index (χ1) is 14.3. The first-order valence-electron chi connectivity index (χ1n) is 9.60. The van der Waals surface area contributed by atoms with Crippen LogP contribution >= 0.6 is 11.6 Å². The van der Waals surface area contributed by atoms with Gasteiger partial charge in [0.25, 0.3) is 0 Å². The molecule has 158 valence electrons. The molecule has 2 heterocycles. The van der Waals surface area contributed by atoms with Gasteiger partial charge in [0.1, 0.15) is 11.4 Å². The zero-order valence-corrected chi connectivity index (χ0v) is 17.3. The van der Waals surface area contributed by atoms with E-state index in [-0.39, 0.29) is 17.1 Å². The fourth-order valence-electron chi connectivity index (χ4n) is 3.48. The molecular formula is C21H20ClF3N4O. The molecular weight excluding hydrogens is 417 g/mol. The molecule has 1 fully saturated rings. The Hall–Kier alpha value is -2.61. The topological polar surface area (TPSA) is 52.8 Å². The summed E-state index contributed by atoms with van der Waals surface area (Å²) in [5.74, 6) is 1.53. The molecule has 1 aliphatic rings. The maximum Gasteiger partial charge on any atom is 0.433 e. The Bertz CT molecular complexity index is 1080. The highest BCUT2D eigenvalue weighted by Crippen LogP contribution is 2.37. The van der Waals surface area contributed by atoms with Gasteiger partial charge in [-0.25, -0.2) is 14.6 Å². The second-order valence-corrected chi connectivity index (χ2v) is 7.90. The van der Waals surface area contributed by atoms with E-state index in [1.165, 1.54) is 13.5 Å². The van der Waals surface area contributed by atoms with Crippen LogP contribution in [0, 0.1) is 12.8 Å². The van der Waals surface area contributed by atoms with Gasteiger partial charge >= 0.3 is 6.18 Å². The number of benzene rings is 1. The van der Waals surface area contributed by atoms with Crippen molar-refractivity contribution in [3.8, 4) is 22.8 Å². The van der Waals surface area contributed by atoms with Crippen LogP contribution in [0.1, 0.15) is 36.3 Å². The quantitative estimate of drug-likeness (QED) is 0.517. The van der Waals surface area contributed by atoms with Crippen LogP contribution in [0.3, 0.4) is 0 Å². The molecule has 4 rings (SSSR count). The molecule has 1 aromatic carbocycles. The number of hydrogen-bond donors (Lipinski definition) is 0. The number of pyridine rings is 1. The summed E-state index contributed by atoms with van der Waals surface area (Å²) in [7, 11) is 1.38. The summed E-state index contributed by atoms with van der Waals surface area (Å²) in [5.41, 5.74) is 0.671. The first-order valence-corrected chi connectivity index (χ1v) is 9.98. The third-order valence-electron chi connectivity index (χ3n) is 5.37. The van der Waals surface area contributed by atoms with Gasteiger partial charge in [-0.3, -0.25) is 0 Å². The molecule has 5 nitrogen and oxygen atoms in total. The Morgan fingerprint density at radius 2 is 2.00 bits per heavy atom. The van der Waals surface area contributed by atoms with Gasteiger partial charge in [-0.05, 0) is 36.6 Å². The smallest absolute Gasteiger partial charge is 0.433 e. The first kappa shape index (κ1) is 20.7. The molecule has 0 radical (unpaired) electrons. The Labute approximate surface area is 176 Å². The molecule has 0 bridgehead atoms. The van der Waals surface area contributed by atoms with E-state index in [2.05, 4.69) is 15.1 Å². The van der Waals surface area contributed by atoms with Crippen molar-refractivity contribution < 1.29 is 17.9 Å². The lowest BCUT2D eigenvalue weighted by atomic mass is 9.83. The summed E-state index contributed by atoms with van der Waals surface area (Å²) in [6.07, 6.45) is 0.547. The molecule has 0 unspecified atom stereocenters. The van der Waals surface area contributed by atoms with Crippen LogP contribution in [0.4, 0.5) is 13.2 Å². The zero-order chi connectivity index (χ0) is 21.5. The van der Waals surface area contributed by atoms with Gasteiger partial charge in [-0.2, -0.15) is 18.3 Å². The van der Waals surface area contributed by atoms with Crippen molar-refractivity contribution in [1.82, 2.24) is 19.7 Å². The minimum absolute atomic E-state index is 0.173. The van der Waals surface area contributed by atoms with Crippen LogP contribution in [0.25, 0.3) is 17.1 Å². The average molecular weight is 437 g/mol. The number of hydrogen-bond acceptors (Lipinski definition) is 4. The predicted octanol–water partition coefficient (Wildman–Crippen LogP) is 5.66. The molecule has 3 aromatic rings. The second kappa shape index (κ2) is 7.91. The van der Waals surface area contributed by atoms with Crippen molar-refractivity contribution >= 4 is 11.6 Å². The zero-order valence-electron chi connectivity index (χ0n) is 16.5. The maximum atomic E-state index is 13.3. The summed E-state index contributed by atoms with van der Waals surface area (Å²) < 4.78 is 46.8.